The van der Waals surface area contributed by atoms with Gasteiger partial charge in [0.2, 0.25) is 5.91 Å². The van der Waals surface area contributed by atoms with Crippen LogP contribution in [0.25, 0.3) is 0 Å². The Morgan fingerprint density at radius 2 is 1.90 bits per heavy atom. The zero-order valence-corrected chi connectivity index (χ0v) is 17.4. The SMILES string of the molecule is CC(=O)Nc1cnn(C(=O)N2CCC3(CCN(Cc4ccccc4Cl)C3)CC2)c1. The third-order valence-electron chi connectivity index (χ3n) is 6.06. The molecule has 29 heavy (non-hydrogen) atoms. The Balaban J connectivity index is 1.32. The number of halogens is 1. The Morgan fingerprint density at radius 3 is 2.62 bits per heavy atom. The zero-order chi connectivity index (χ0) is 20.4. The standard InChI is InChI=1S/C21H26ClN5O2/c1-16(28)24-18-12-23-27(14-18)20(29)26-10-7-21(8-11-26)6-9-25(15-21)13-17-4-2-3-5-19(17)22/h2-5,12,14H,6-11,13,15H2,1H3,(H,24,28). The topological polar surface area (TPSA) is 70.5 Å². The first-order valence-electron chi connectivity index (χ1n) is 10.0. The molecule has 4 rings (SSSR count). The molecule has 1 aromatic heterocycles. The van der Waals surface area contributed by atoms with Crippen molar-refractivity contribution in [3.8, 4) is 0 Å². The van der Waals surface area contributed by atoms with Crippen LogP contribution in [0.5, 0.6) is 0 Å². The normalized spacial score (nSPS) is 18.9. The van der Waals surface area contributed by atoms with Gasteiger partial charge < -0.3 is 10.2 Å². The fraction of sp³-hybridized carbons (Fsp3) is 0.476. The maximum Gasteiger partial charge on any atom is 0.344 e. The largest absolute Gasteiger partial charge is 0.344 e. The number of amides is 2. The molecule has 0 atom stereocenters. The predicted octanol–water partition coefficient (Wildman–Crippen LogP) is 3.45. The van der Waals surface area contributed by atoms with Crippen molar-refractivity contribution in [3.63, 3.8) is 0 Å². The summed E-state index contributed by atoms with van der Waals surface area (Å²) in [5, 5.41) is 7.56. The number of hydrogen-bond acceptors (Lipinski definition) is 4. The first-order chi connectivity index (χ1) is 13.9. The summed E-state index contributed by atoms with van der Waals surface area (Å²) in [4.78, 5) is 28.2. The molecule has 2 aromatic rings. The molecule has 1 N–H and O–H groups in total. The van der Waals surface area contributed by atoms with E-state index in [0.29, 0.717) is 5.69 Å². The number of anilines is 1. The van der Waals surface area contributed by atoms with Crippen LogP contribution in [0.1, 0.15) is 31.7 Å². The molecular formula is C21H26ClN5O2. The van der Waals surface area contributed by atoms with Gasteiger partial charge in [0.1, 0.15) is 0 Å². The van der Waals surface area contributed by atoms with Crippen molar-refractivity contribution in [2.24, 2.45) is 5.41 Å². The summed E-state index contributed by atoms with van der Waals surface area (Å²) in [5.74, 6) is -0.181. The molecule has 2 amide bonds. The fourth-order valence-electron chi connectivity index (χ4n) is 4.45. The smallest absolute Gasteiger partial charge is 0.324 e. The molecule has 0 bridgehead atoms. The van der Waals surface area contributed by atoms with Crippen LogP contribution in [0.15, 0.2) is 36.7 Å². The number of nitrogens with one attached hydrogen (secondary N) is 1. The van der Waals surface area contributed by atoms with Crippen LogP contribution in [0, 0.1) is 5.41 Å². The minimum absolute atomic E-state index is 0.137. The second kappa shape index (κ2) is 8.16. The van der Waals surface area contributed by atoms with Gasteiger partial charge in [-0.25, -0.2) is 4.79 Å². The molecule has 8 heteroatoms. The van der Waals surface area contributed by atoms with Gasteiger partial charge in [-0.2, -0.15) is 9.78 Å². The van der Waals surface area contributed by atoms with Gasteiger partial charge in [-0.05, 0) is 42.9 Å². The summed E-state index contributed by atoms with van der Waals surface area (Å²) >= 11 is 6.32. The quantitative estimate of drug-likeness (QED) is 0.833. The van der Waals surface area contributed by atoms with Crippen molar-refractivity contribution in [3.05, 3.63) is 47.2 Å². The van der Waals surface area contributed by atoms with Crippen LogP contribution >= 0.6 is 11.6 Å². The Morgan fingerprint density at radius 1 is 1.17 bits per heavy atom. The average molecular weight is 416 g/mol. The van der Waals surface area contributed by atoms with E-state index in [1.165, 1.54) is 23.4 Å². The van der Waals surface area contributed by atoms with E-state index in [1.54, 1.807) is 6.20 Å². The number of aromatic nitrogens is 2. The van der Waals surface area contributed by atoms with E-state index in [4.69, 9.17) is 11.6 Å². The molecule has 0 radical (unpaired) electrons. The number of piperidine rings is 1. The second-order valence-electron chi connectivity index (χ2n) is 8.18. The van der Waals surface area contributed by atoms with Crippen LogP contribution in [0.2, 0.25) is 5.02 Å². The molecule has 2 aliphatic rings. The number of rotatable bonds is 3. The molecular weight excluding hydrogens is 390 g/mol. The Hall–Kier alpha value is -2.38. The summed E-state index contributed by atoms with van der Waals surface area (Å²) < 4.78 is 1.31. The first kappa shape index (κ1) is 19.9. The molecule has 0 saturated carbocycles. The van der Waals surface area contributed by atoms with Crippen LogP contribution in [0.4, 0.5) is 10.5 Å². The molecule has 0 unspecified atom stereocenters. The highest BCUT2D eigenvalue weighted by molar-refractivity contribution is 6.31. The highest BCUT2D eigenvalue weighted by Crippen LogP contribution is 2.41. The van der Waals surface area contributed by atoms with E-state index in [0.717, 1.165) is 57.0 Å². The van der Waals surface area contributed by atoms with E-state index >= 15 is 0 Å². The van der Waals surface area contributed by atoms with Crippen LogP contribution < -0.4 is 5.32 Å². The van der Waals surface area contributed by atoms with Crippen LogP contribution in [-0.2, 0) is 11.3 Å². The third-order valence-corrected chi connectivity index (χ3v) is 6.43. The van der Waals surface area contributed by atoms with Gasteiger partial charge in [0, 0.05) is 38.1 Å². The summed E-state index contributed by atoms with van der Waals surface area (Å²) in [6, 6.07) is 7.89. The lowest BCUT2D eigenvalue weighted by atomic mass is 9.78. The highest BCUT2D eigenvalue weighted by atomic mass is 35.5. The number of carbonyl (C=O) groups excluding carboxylic acids is 2. The van der Waals surface area contributed by atoms with Crippen molar-refractivity contribution in [1.82, 2.24) is 19.6 Å². The molecule has 2 aliphatic heterocycles. The Bertz CT molecular complexity index is 904. The zero-order valence-electron chi connectivity index (χ0n) is 16.6. The summed E-state index contributed by atoms with van der Waals surface area (Å²) in [6.45, 7) is 5.89. The van der Waals surface area contributed by atoms with Crippen molar-refractivity contribution in [1.29, 1.82) is 0 Å². The molecule has 1 aromatic carbocycles. The lowest BCUT2D eigenvalue weighted by molar-refractivity contribution is -0.114. The number of likely N-dealkylation sites (tertiary alicyclic amines) is 2. The maximum absolute atomic E-state index is 12.7. The van der Waals surface area contributed by atoms with Crippen molar-refractivity contribution in [2.45, 2.75) is 32.7 Å². The highest BCUT2D eigenvalue weighted by Gasteiger charge is 2.41. The molecule has 2 fully saturated rings. The van der Waals surface area contributed by atoms with Crippen LogP contribution in [0.3, 0.4) is 0 Å². The number of benzene rings is 1. The van der Waals surface area contributed by atoms with Gasteiger partial charge in [0.15, 0.2) is 0 Å². The number of carbonyl (C=O) groups is 2. The van der Waals surface area contributed by atoms with Crippen LogP contribution in [-0.4, -0.2) is 57.7 Å². The lowest BCUT2D eigenvalue weighted by Crippen LogP contribution is -2.45. The predicted molar refractivity (Wildman–Crippen MR) is 112 cm³/mol. The average Bonchev–Trinajstić information content (AvgIpc) is 3.31. The van der Waals surface area contributed by atoms with Gasteiger partial charge in [-0.15, -0.1) is 0 Å². The molecule has 1 spiro atoms. The summed E-state index contributed by atoms with van der Waals surface area (Å²) in [5.41, 5.74) is 1.99. The maximum atomic E-state index is 12.7. The Kier molecular flexibility index (Phi) is 5.61. The number of hydrogen-bond donors (Lipinski definition) is 1. The van der Waals surface area contributed by atoms with E-state index < -0.39 is 0 Å². The lowest BCUT2D eigenvalue weighted by Gasteiger charge is -2.39. The van der Waals surface area contributed by atoms with Gasteiger partial charge in [-0.1, -0.05) is 29.8 Å². The fourth-order valence-corrected chi connectivity index (χ4v) is 4.65. The molecule has 2 saturated heterocycles. The first-order valence-corrected chi connectivity index (χ1v) is 10.4. The summed E-state index contributed by atoms with van der Waals surface area (Å²) in [6.07, 6.45) is 6.21. The second-order valence-corrected chi connectivity index (χ2v) is 8.58. The summed E-state index contributed by atoms with van der Waals surface area (Å²) in [7, 11) is 0. The van der Waals surface area contributed by atoms with Crippen molar-refractivity contribution >= 4 is 29.2 Å². The van der Waals surface area contributed by atoms with Gasteiger partial charge in [0.05, 0.1) is 18.1 Å². The molecule has 3 heterocycles. The molecule has 7 nitrogen and oxygen atoms in total. The van der Waals surface area contributed by atoms with Gasteiger partial charge >= 0.3 is 6.03 Å². The third kappa shape index (κ3) is 4.46. The van der Waals surface area contributed by atoms with Gasteiger partial charge in [0.25, 0.3) is 0 Å². The minimum atomic E-state index is -0.181. The number of nitrogens with zero attached hydrogens (tertiary/aromatic N) is 4. The van der Waals surface area contributed by atoms with E-state index in [1.807, 2.05) is 23.1 Å². The minimum Gasteiger partial charge on any atom is -0.324 e. The van der Waals surface area contributed by atoms with Crippen molar-refractivity contribution < 1.29 is 9.59 Å². The molecule has 0 aliphatic carbocycles. The molecule has 154 valence electrons. The van der Waals surface area contributed by atoms with E-state index in [-0.39, 0.29) is 17.4 Å². The van der Waals surface area contributed by atoms with E-state index in [2.05, 4.69) is 21.4 Å². The monoisotopic (exact) mass is 415 g/mol. The van der Waals surface area contributed by atoms with Crippen molar-refractivity contribution in [2.75, 3.05) is 31.5 Å². The van der Waals surface area contributed by atoms with E-state index in [9.17, 15) is 9.59 Å². The van der Waals surface area contributed by atoms with Gasteiger partial charge in [-0.3, -0.25) is 9.69 Å². The Labute approximate surface area is 175 Å².